The van der Waals surface area contributed by atoms with Crippen molar-refractivity contribution in [2.75, 3.05) is 0 Å². The Balaban J connectivity index is 2.49. The molecule has 1 aromatic carbocycles. The number of nitrogens with zero attached hydrogens (tertiary/aromatic N) is 1. The number of nitrogens with one attached hydrogen (secondary N) is 1. The number of rotatable bonds is 2. The molecule has 3 nitrogen and oxygen atoms in total. The molecule has 1 heterocycles. The van der Waals surface area contributed by atoms with Gasteiger partial charge in [-0.3, -0.25) is 9.89 Å². The topological polar surface area (TPSA) is 45.8 Å². The van der Waals surface area contributed by atoms with Crippen molar-refractivity contribution < 1.29 is 4.79 Å². The third kappa shape index (κ3) is 2.03. The lowest BCUT2D eigenvalue weighted by molar-refractivity contribution is 0.111. The van der Waals surface area contributed by atoms with Crippen LogP contribution >= 0.6 is 23.2 Å². The minimum Gasteiger partial charge on any atom is -0.296 e. The quantitative estimate of drug-likeness (QED) is 0.820. The first-order valence-corrected chi connectivity index (χ1v) is 4.92. The summed E-state index contributed by atoms with van der Waals surface area (Å²) in [5, 5.41) is 7.62. The highest BCUT2D eigenvalue weighted by Crippen LogP contribution is 2.28. The van der Waals surface area contributed by atoms with Gasteiger partial charge in [0.2, 0.25) is 0 Å². The molecular weight excluding hydrogens is 235 g/mol. The highest BCUT2D eigenvalue weighted by atomic mass is 35.5. The molecule has 1 N–H and O–H groups in total. The molecule has 0 bridgehead atoms. The van der Waals surface area contributed by atoms with Gasteiger partial charge in [-0.1, -0.05) is 23.2 Å². The molecule has 0 atom stereocenters. The van der Waals surface area contributed by atoms with Crippen molar-refractivity contribution >= 4 is 29.5 Å². The lowest BCUT2D eigenvalue weighted by Crippen LogP contribution is -1.79. The van der Waals surface area contributed by atoms with E-state index < -0.39 is 0 Å². The Hall–Kier alpha value is -1.32. The van der Waals surface area contributed by atoms with Crippen LogP contribution in [0.25, 0.3) is 11.3 Å². The van der Waals surface area contributed by atoms with Crippen LogP contribution in [0.1, 0.15) is 10.5 Å². The fourth-order valence-electron chi connectivity index (χ4n) is 1.23. The van der Waals surface area contributed by atoms with Crippen LogP contribution in [0.3, 0.4) is 0 Å². The van der Waals surface area contributed by atoms with Gasteiger partial charge in [0.1, 0.15) is 0 Å². The van der Waals surface area contributed by atoms with E-state index in [0.717, 1.165) is 5.56 Å². The summed E-state index contributed by atoms with van der Waals surface area (Å²) in [7, 11) is 0. The summed E-state index contributed by atoms with van der Waals surface area (Å²) in [6.45, 7) is 0. The Kier molecular flexibility index (Phi) is 2.75. The Labute approximate surface area is 96.0 Å². The smallest absolute Gasteiger partial charge is 0.167 e. The molecular formula is C10H6Cl2N2O. The maximum absolute atomic E-state index is 10.5. The van der Waals surface area contributed by atoms with Crippen molar-refractivity contribution in [3.05, 3.63) is 40.0 Å². The molecule has 15 heavy (non-hydrogen) atoms. The Morgan fingerprint density at radius 2 is 2.07 bits per heavy atom. The van der Waals surface area contributed by atoms with Gasteiger partial charge >= 0.3 is 0 Å². The standard InChI is InChI=1S/C10H6Cl2N2O/c11-6-1-2-8(9(12)3-6)10-4-7(5-15)13-14-10/h1-5H,(H,13,14). The summed E-state index contributed by atoms with van der Waals surface area (Å²) in [5.74, 6) is 0. The van der Waals surface area contributed by atoms with E-state index in [-0.39, 0.29) is 0 Å². The van der Waals surface area contributed by atoms with Crippen LogP contribution in [0.4, 0.5) is 0 Å². The summed E-state index contributed by atoms with van der Waals surface area (Å²) in [6.07, 6.45) is 0.695. The first kappa shape index (κ1) is 10.2. The molecule has 0 saturated heterocycles. The first-order valence-electron chi connectivity index (χ1n) is 4.16. The number of carbonyl (C=O) groups is 1. The van der Waals surface area contributed by atoms with Gasteiger partial charge in [-0.25, -0.2) is 0 Å². The molecule has 2 rings (SSSR count). The van der Waals surface area contributed by atoms with Crippen LogP contribution in [0.2, 0.25) is 10.0 Å². The minimum atomic E-state index is 0.413. The normalized spacial score (nSPS) is 10.3. The second kappa shape index (κ2) is 4.04. The van der Waals surface area contributed by atoms with E-state index in [1.807, 2.05) is 0 Å². The highest BCUT2D eigenvalue weighted by molar-refractivity contribution is 6.36. The van der Waals surface area contributed by atoms with Crippen molar-refractivity contribution in [3.8, 4) is 11.3 Å². The van der Waals surface area contributed by atoms with Crippen LogP contribution in [-0.4, -0.2) is 16.5 Å². The molecule has 2 aromatic rings. The number of hydrogen-bond donors (Lipinski definition) is 1. The zero-order valence-corrected chi connectivity index (χ0v) is 9.01. The van der Waals surface area contributed by atoms with E-state index in [9.17, 15) is 4.79 Å². The van der Waals surface area contributed by atoms with E-state index in [1.165, 1.54) is 0 Å². The van der Waals surface area contributed by atoms with Crippen molar-refractivity contribution in [2.24, 2.45) is 0 Å². The second-order valence-electron chi connectivity index (χ2n) is 2.95. The third-order valence-corrected chi connectivity index (χ3v) is 2.48. The second-order valence-corrected chi connectivity index (χ2v) is 3.79. The average molecular weight is 241 g/mol. The monoisotopic (exact) mass is 240 g/mol. The lowest BCUT2D eigenvalue weighted by Gasteiger charge is -1.99. The molecule has 0 spiro atoms. The number of aldehydes is 1. The van der Waals surface area contributed by atoms with Crippen molar-refractivity contribution in [1.82, 2.24) is 10.2 Å². The number of halogens is 2. The fraction of sp³-hybridized carbons (Fsp3) is 0. The predicted octanol–water partition coefficient (Wildman–Crippen LogP) is 3.20. The van der Waals surface area contributed by atoms with Crippen molar-refractivity contribution in [2.45, 2.75) is 0 Å². The average Bonchev–Trinajstić information content (AvgIpc) is 2.66. The molecule has 0 radical (unpaired) electrons. The minimum absolute atomic E-state index is 0.413. The number of carbonyl (C=O) groups excluding carboxylic acids is 1. The Morgan fingerprint density at radius 1 is 1.27 bits per heavy atom. The van der Waals surface area contributed by atoms with Crippen LogP contribution in [-0.2, 0) is 0 Å². The van der Waals surface area contributed by atoms with Crippen LogP contribution < -0.4 is 0 Å². The zero-order chi connectivity index (χ0) is 10.8. The summed E-state index contributed by atoms with van der Waals surface area (Å²) >= 11 is 11.8. The van der Waals surface area contributed by atoms with Crippen molar-refractivity contribution in [1.29, 1.82) is 0 Å². The molecule has 76 valence electrons. The van der Waals surface area contributed by atoms with E-state index in [0.29, 0.717) is 27.7 Å². The number of H-pyrrole nitrogens is 1. The molecule has 0 aliphatic rings. The molecule has 5 heteroatoms. The Bertz CT molecular complexity index is 508. The summed E-state index contributed by atoms with van der Waals surface area (Å²) in [4.78, 5) is 10.5. The highest BCUT2D eigenvalue weighted by Gasteiger charge is 2.07. The van der Waals surface area contributed by atoms with Gasteiger partial charge in [0.25, 0.3) is 0 Å². The number of benzene rings is 1. The molecule has 0 unspecified atom stereocenters. The first-order chi connectivity index (χ1) is 7.20. The molecule has 1 aromatic heterocycles. The molecule has 0 aliphatic carbocycles. The summed E-state index contributed by atoms with van der Waals surface area (Å²) in [5.41, 5.74) is 1.78. The van der Waals surface area contributed by atoms with E-state index in [4.69, 9.17) is 23.2 Å². The number of hydrogen-bond acceptors (Lipinski definition) is 2. The summed E-state index contributed by atoms with van der Waals surface area (Å²) < 4.78 is 0. The number of aromatic amines is 1. The van der Waals surface area contributed by atoms with Gasteiger partial charge in [0.15, 0.2) is 6.29 Å². The number of aromatic nitrogens is 2. The van der Waals surface area contributed by atoms with Crippen molar-refractivity contribution in [3.63, 3.8) is 0 Å². The van der Waals surface area contributed by atoms with Gasteiger partial charge < -0.3 is 0 Å². The van der Waals surface area contributed by atoms with E-state index in [2.05, 4.69) is 10.2 Å². The fourth-order valence-corrected chi connectivity index (χ4v) is 1.74. The van der Waals surface area contributed by atoms with Gasteiger partial charge in [-0.2, -0.15) is 5.10 Å². The molecule has 0 fully saturated rings. The molecule has 0 amide bonds. The maximum Gasteiger partial charge on any atom is 0.167 e. The largest absolute Gasteiger partial charge is 0.296 e. The predicted molar refractivity (Wildman–Crippen MR) is 59.4 cm³/mol. The van der Waals surface area contributed by atoms with E-state index >= 15 is 0 Å². The Morgan fingerprint density at radius 3 is 2.67 bits per heavy atom. The van der Waals surface area contributed by atoms with Crippen LogP contribution in [0, 0.1) is 0 Å². The van der Waals surface area contributed by atoms with Gasteiger partial charge in [0.05, 0.1) is 16.4 Å². The SMILES string of the molecule is O=Cc1cc(-c2ccc(Cl)cc2Cl)n[nH]1. The zero-order valence-electron chi connectivity index (χ0n) is 7.50. The lowest BCUT2D eigenvalue weighted by atomic mass is 10.1. The molecule has 0 aliphatic heterocycles. The molecule has 0 saturated carbocycles. The van der Waals surface area contributed by atoms with Crippen LogP contribution in [0.15, 0.2) is 24.3 Å². The van der Waals surface area contributed by atoms with Gasteiger partial charge in [0, 0.05) is 10.6 Å². The van der Waals surface area contributed by atoms with Gasteiger partial charge in [-0.05, 0) is 24.3 Å². The van der Waals surface area contributed by atoms with Gasteiger partial charge in [-0.15, -0.1) is 0 Å². The van der Waals surface area contributed by atoms with Crippen LogP contribution in [0.5, 0.6) is 0 Å². The maximum atomic E-state index is 10.5. The third-order valence-electron chi connectivity index (χ3n) is 1.93. The van der Waals surface area contributed by atoms with E-state index in [1.54, 1.807) is 24.3 Å². The summed E-state index contributed by atoms with van der Waals surface area (Å²) in [6, 6.07) is 6.74.